The number of hydrogen-bond acceptors (Lipinski definition) is 4. The second kappa shape index (κ2) is 10.7. The van der Waals surface area contributed by atoms with Crippen LogP contribution in [-0.2, 0) is 9.09 Å². The molecule has 1 rings (SSSR count). The lowest BCUT2D eigenvalue weighted by Crippen LogP contribution is -2.08. The Balaban J connectivity index is 2.81. The van der Waals surface area contributed by atoms with Gasteiger partial charge < -0.3 is 9.26 Å². The monoisotopic (exact) mass is 342 g/mol. The maximum absolute atomic E-state index is 13.0. The summed E-state index contributed by atoms with van der Waals surface area (Å²) in [5.41, 5.74) is 0. The van der Waals surface area contributed by atoms with Gasteiger partial charge in [-0.1, -0.05) is 45.2 Å². The Bertz CT molecular complexity index is 488. The van der Waals surface area contributed by atoms with Crippen molar-refractivity contribution in [1.29, 1.82) is 0 Å². The molecule has 0 spiro atoms. The van der Waals surface area contributed by atoms with Gasteiger partial charge >= 0.3 is 7.60 Å². The van der Waals surface area contributed by atoms with Gasteiger partial charge in [-0.25, -0.2) is 4.57 Å². The molecule has 0 heterocycles. The number of ether oxygens (including phenoxy) is 1. The zero-order valence-corrected chi connectivity index (χ0v) is 15.8. The first-order valence-corrected chi connectivity index (χ1v) is 10.4. The Morgan fingerprint density at radius 1 is 1.00 bits per heavy atom. The van der Waals surface area contributed by atoms with Crippen molar-refractivity contribution in [1.82, 2.24) is 0 Å². The predicted molar refractivity (Wildman–Crippen MR) is 95.7 cm³/mol. The minimum atomic E-state index is -3.15. The molecule has 1 atom stereocenters. The summed E-state index contributed by atoms with van der Waals surface area (Å²) < 4.78 is 30.3. The minimum absolute atomic E-state index is 0.0280. The molecule has 1 aromatic carbocycles. The van der Waals surface area contributed by atoms with E-state index in [4.69, 9.17) is 13.8 Å². The lowest BCUT2D eigenvalue weighted by molar-refractivity contribution is 0.226. The molecule has 0 saturated heterocycles. The Labute approximate surface area is 141 Å². The van der Waals surface area contributed by atoms with Crippen LogP contribution in [0.1, 0.15) is 59.8 Å². The number of unbranched alkanes of at least 4 members (excludes halogenated alkanes) is 3. The molecule has 0 amide bonds. The molecular formula is C18H31O4P. The summed E-state index contributed by atoms with van der Waals surface area (Å²) in [5, 5.41) is 0. The van der Waals surface area contributed by atoms with E-state index < -0.39 is 7.60 Å². The van der Waals surface area contributed by atoms with Crippen molar-refractivity contribution in [2.75, 3.05) is 12.8 Å². The van der Waals surface area contributed by atoms with Crippen molar-refractivity contribution >= 4 is 7.60 Å². The number of rotatable bonds is 12. The fourth-order valence-electron chi connectivity index (χ4n) is 2.07. The zero-order chi connectivity index (χ0) is 17.1. The summed E-state index contributed by atoms with van der Waals surface area (Å²) in [6.45, 7) is 8.58. The summed E-state index contributed by atoms with van der Waals surface area (Å²) in [5.74, 6) is 1.10. The van der Waals surface area contributed by atoms with Crippen molar-refractivity contribution in [2.45, 2.75) is 65.9 Å². The van der Waals surface area contributed by atoms with Gasteiger partial charge in [-0.05, 0) is 38.8 Å². The van der Waals surface area contributed by atoms with Gasteiger partial charge in [0, 0.05) is 0 Å². The summed E-state index contributed by atoms with van der Waals surface area (Å²) in [4.78, 5) is 0. The van der Waals surface area contributed by atoms with E-state index in [9.17, 15) is 4.57 Å². The number of benzene rings is 1. The van der Waals surface area contributed by atoms with Crippen molar-refractivity contribution in [3.8, 4) is 11.5 Å². The number of hydrogen-bond donors (Lipinski definition) is 0. The van der Waals surface area contributed by atoms with Gasteiger partial charge in [-0.15, -0.1) is 0 Å². The van der Waals surface area contributed by atoms with Crippen LogP contribution in [0.15, 0.2) is 24.3 Å². The van der Waals surface area contributed by atoms with Crippen LogP contribution in [0.4, 0.5) is 0 Å². The van der Waals surface area contributed by atoms with E-state index >= 15 is 0 Å². The lowest BCUT2D eigenvalue weighted by Gasteiger charge is -2.21. The molecule has 0 aliphatic rings. The molecule has 1 unspecified atom stereocenters. The molecule has 4 nitrogen and oxygen atoms in total. The van der Waals surface area contributed by atoms with Crippen molar-refractivity contribution < 1.29 is 18.3 Å². The van der Waals surface area contributed by atoms with Crippen LogP contribution in [0.2, 0.25) is 0 Å². The molecule has 0 aromatic heterocycles. The first-order chi connectivity index (χ1) is 11.0. The summed E-state index contributed by atoms with van der Waals surface area (Å²) >= 11 is 0. The standard InChI is InChI=1S/C18H31O4P/c1-5-7-11-14-20-23(19,15-8-6-2)22-18-13-10-9-12-17(18)21-16(3)4/h9-10,12-13,16H,5-8,11,14-15H2,1-4H3. The van der Waals surface area contributed by atoms with Gasteiger partial charge in [-0.3, -0.25) is 4.52 Å². The fourth-order valence-corrected chi connectivity index (χ4v) is 3.91. The van der Waals surface area contributed by atoms with Gasteiger partial charge in [0.1, 0.15) is 0 Å². The fraction of sp³-hybridized carbons (Fsp3) is 0.667. The molecule has 0 fully saturated rings. The van der Waals surface area contributed by atoms with Crippen LogP contribution in [0.3, 0.4) is 0 Å². The highest BCUT2D eigenvalue weighted by Crippen LogP contribution is 2.51. The Morgan fingerprint density at radius 3 is 2.26 bits per heavy atom. The summed E-state index contributed by atoms with van der Waals surface area (Å²) in [6, 6.07) is 7.34. The van der Waals surface area contributed by atoms with E-state index in [0.717, 1.165) is 32.1 Å². The highest BCUT2D eigenvalue weighted by atomic mass is 31.2. The molecule has 0 bridgehead atoms. The average Bonchev–Trinajstić information content (AvgIpc) is 2.51. The molecule has 0 radical (unpaired) electrons. The van der Waals surface area contributed by atoms with Crippen molar-refractivity contribution in [3.05, 3.63) is 24.3 Å². The van der Waals surface area contributed by atoms with Crippen molar-refractivity contribution in [2.24, 2.45) is 0 Å². The van der Waals surface area contributed by atoms with E-state index in [1.165, 1.54) is 0 Å². The highest BCUT2D eigenvalue weighted by Gasteiger charge is 2.27. The minimum Gasteiger partial charge on any atom is -0.487 e. The Hall–Kier alpha value is -0.990. The van der Waals surface area contributed by atoms with E-state index in [0.29, 0.717) is 24.3 Å². The Kier molecular flexibility index (Phi) is 9.35. The first kappa shape index (κ1) is 20.1. The molecule has 0 aliphatic heterocycles. The maximum atomic E-state index is 13.0. The second-order valence-corrected chi connectivity index (χ2v) is 8.04. The third-order valence-electron chi connectivity index (χ3n) is 3.27. The molecule has 23 heavy (non-hydrogen) atoms. The Morgan fingerprint density at radius 2 is 1.65 bits per heavy atom. The van der Waals surface area contributed by atoms with E-state index in [-0.39, 0.29) is 6.10 Å². The quantitative estimate of drug-likeness (QED) is 0.342. The summed E-state index contributed by atoms with van der Waals surface area (Å²) in [6.07, 6.45) is 5.31. The average molecular weight is 342 g/mol. The second-order valence-electron chi connectivity index (χ2n) is 5.93. The third kappa shape index (κ3) is 7.90. The molecule has 0 saturated carbocycles. The van der Waals surface area contributed by atoms with Gasteiger partial charge in [0.25, 0.3) is 0 Å². The molecule has 1 aromatic rings. The zero-order valence-electron chi connectivity index (χ0n) is 14.9. The SMILES string of the molecule is CCCCCOP(=O)(CCCC)Oc1ccccc1OC(C)C. The summed E-state index contributed by atoms with van der Waals surface area (Å²) in [7, 11) is -3.15. The van der Waals surface area contributed by atoms with Crippen LogP contribution in [0, 0.1) is 0 Å². The van der Waals surface area contributed by atoms with Crippen LogP contribution in [0.5, 0.6) is 11.5 Å². The van der Waals surface area contributed by atoms with E-state index in [2.05, 4.69) is 13.8 Å². The maximum Gasteiger partial charge on any atom is 0.379 e. The predicted octanol–water partition coefficient (Wildman–Crippen LogP) is 6.05. The topological polar surface area (TPSA) is 44.8 Å². The smallest absolute Gasteiger partial charge is 0.379 e. The largest absolute Gasteiger partial charge is 0.487 e. The molecule has 0 aliphatic carbocycles. The van der Waals surface area contributed by atoms with Gasteiger partial charge in [0.05, 0.1) is 18.9 Å². The highest BCUT2D eigenvalue weighted by molar-refractivity contribution is 7.54. The van der Waals surface area contributed by atoms with Gasteiger partial charge in [-0.2, -0.15) is 0 Å². The third-order valence-corrected chi connectivity index (χ3v) is 5.19. The van der Waals surface area contributed by atoms with Gasteiger partial charge in [0.15, 0.2) is 11.5 Å². The first-order valence-electron chi connectivity index (χ1n) is 8.69. The number of para-hydroxylation sites is 2. The van der Waals surface area contributed by atoms with E-state index in [1.807, 2.05) is 32.0 Å². The van der Waals surface area contributed by atoms with Crippen LogP contribution < -0.4 is 9.26 Å². The molecule has 5 heteroatoms. The van der Waals surface area contributed by atoms with Crippen molar-refractivity contribution in [3.63, 3.8) is 0 Å². The van der Waals surface area contributed by atoms with Crippen LogP contribution in [-0.4, -0.2) is 18.9 Å². The lowest BCUT2D eigenvalue weighted by atomic mass is 10.3. The normalized spacial score (nSPS) is 13.8. The van der Waals surface area contributed by atoms with E-state index in [1.54, 1.807) is 6.07 Å². The molecule has 0 N–H and O–H groups in total. The molecule has 132 valence electrons. The van der Waals surface area contributed by atoms with Crippen LogP contribution >= 0.6 is 7.60 Å². The molecular weight excluding hydrogens is 311 g/mol. The van der Waals surface area contributed by atoms with Crippen LogP contribution in [0.25, 0.3) is 0 Å². The van der Waals surface area contributed by atoms with Gasteiger partial charge in [0.2, 0.25) is 0 Å².